The third-order valence-corrected chi connectivity index (χ3v) is 0.771. The van der Waals surface area contributed by atoms with Crippen LogP contribution in [0.2, 0.25) is 0 Å². The van der Waals surface area contributed by atoms with E-state index in [0.717, 1.165) is 0 Å². The van der Waals surface area contributed by atoms with Crippen molar-refractivity contribution >= 4 is 10.2 Å². The molecule has 0 saturated heterocycles. The molecule has 36 valence electrons. The molecule has 0 rings (SSSR count). The zero-order valence-corrected chi connectivity index (χ0v) is 5.34. The minimum absolute atomic E-state index is 0.289. The van der Waals surface area contributed by atoms with Crippen LogP contribution in [-0.2, 0) is 0 Å². The SMILES string of the molecule is OC(O)=C(O)[SiH3]. The van der Waals surface area contributed by atoms with Gasteiger partial charge in [-0.05, 0) is 0 Å². The highest BCUT2D eigenvalue weighted by Crippen LogP contribution is 1.81. The number of hydrogen-bond donors (Lipinski definition) is 3. The smallest absolute Gasteiger partial charge is 0.307 e. The molecule has 3 N–H and O–H groups in total. The highest BCUT2D eigenvalue weighted by molar-refractivity contribution is 6.19. The lowest BCUT2D eigenvalue weighted by Gasteiger charge is -1.85. The molecule has 0 unspecified atom stereocenters. The normalized spacial score (nSPS) is 8.00. The summed E-state index contributed by atoms with van der Waals surface area (Å²) < 4.78 is 0. The minimum atomic E-state index is -0.957. The molecule has 0 spiro atoms. The first-order valence-corrected chi connectivity index (χ1v) is 2.42. The quantitative estimate of drug-likeness (QED) is 0.278. The van der Waals surface area contributed by atoms with Crippen molar-refractivity contribution in [1.82, 2.24) is 0 Å². The highest BCUT2D eigenvalue weighted by Gasteiger charge is 1.86. The van der Waals surface area contributed by atoms with E-state index in [1.165, 1.54) is 0 Å². The second-order valence-corrected chi connectivity index (χ2v) is 1.86. The second-order valence-electron chi connectivity index (χ2n) is 0.909. The molecule has 0 aliphatic carbocycles. The topological polar surface area (TPSA) is 60.7 Å². The van der Waals surface area contributed by atoms with Crippen molar-refractivity contribution in [2.24, 2.45) is 0 Å². The van der Waals surface area contributed by atoms with Crippen LogP contribution in [0.4, 0.5) is 0 Å². The van der Waals surface area contributed by atoms with Crippen LogP contribution in [0, 0.1) is 0 Å². The van der Waals surface area contributed by atoms with Crippen LogP contribution in [0.1, 0.15) is 0 Å². The average molecular weight is 106 g/mol. The zero-order valence-electron chi connectivity index (χ0n) is 3.34. The summed E-state index contributed by atoms with van der Waals surface area (Å²) in [4.78, 5) is 0. The fourth-order valence-electron chi connectivity index (χ4n) is 0. The van der Waals surface area contributed by atoms with Crippen LogP contribution >= 0.6 is 0 Å². The largest absolute Gasteiger partial charge is 0.511 e. The van der Waals surface area contributed by atoms with Gasteiger partial charge in [-0.15, -0.1) is 0 Å². The lowest BCUT2D eigenvalue weighted by Crippen LogP contribution is -1.85. The Balaban J connectivity index is 3.68. The van der Waals surface area contributed by atoms with Crippen molar-refractivity contribution in [2.45, 2.75) is 0 Å². The summed E-state index contributed by atoms with van der Waals surface area (Å²) in [7, 11) is 0.289. The van der Waals surface area contributed by atoms with Crippen molar-refractivity contribution in [3.05, 3.63) is 11.3 Å². The van der Waals surface area contributed by atoms with Gasteiger partial charge >= 0.3 is 5.95 Å². The van der Waals surface area contributed by atoms with Gasteiger partial charge in [0, 0.05) is 0 Å². The molecule has 3 nitrogen and oxygen atoms in total. The number of aliphatic hydroxyl groups is 3. The van der Waals surface area contributed by atoms with E-state index in [9.17, 15) is 0 Å². The highest BCUT2D eigenvalue weighted by atomic mass is 28.1. The molecule has 0 amide bonds. The van der Waals surface area contributed by atoms with E-state index in [2.05, 4.69) is 0 Å². The fourth-order valence-corrected chi connectivity index (χ4v) is 0. The van der Waals surface area contributed by atoms with Crippen LogP contribution in [0.15, 0.2) is 11.3 Å². The molecule has 0 aliphatic rings. The zero-order chi connectivity index (χ0) is 5.15. The average Bonchev–Trinajstić information content (AvgIpc) is 1.36. The molecular formula is C2H6O3Si. The number of rotatable bonds is 0. The fraction of sp³-hybridized carbons (Fsp3) is 0. The summed E-state index contributed by atoms with van der Waals surface area (Å²) in [5, 5.41) is 23.4. The Morgan fingerprint density at radius 1 is 1.17 bits per heavy atom. The van der Waals surface area contributed by atoms with E-state index < -0.39 is 5.95 Å². The van der Waals surface area contributed by atoms with E-state index in [4.69, 9.17) is 15.3 Å². The Morgan fingerprint density at radius 2 is 1.33 bits per heavy atom. The maximum atomic E-state index is 8.07. The van der Waals surface area contributed by atoms with Crippen molar-refractivity contribution in [2.75, 3.05) is 0 Å². The van der Waals surface area contributed by atoms with Crippen LogP contribution in [0.5, 0.6) is 0 Å². The maximum Gasteiger partial charge on any atom is 0.307 e. The molecule has 4 heteroatoms. The summed E-state index contributed by atoms with van der Waals surface area (Å²) >= 11 is 0. The standard InChI is InChI=1S/C2H6O3Si/c3-1(4)2(5)6/h3-5H,6H3. The van der Waals surface area contributed by atoms with Gasteiger partial charge in [0.25, 0.3) is 0 Å². The lowest BCUT2D eigenvalue weighted by molar-refractivity contribution is 0.167. The molecule has 0 saturated carbocycles. The second kappa shape index (κ2) is 1.71. The van der Waals surface area contributed by atoms with Crippen LogP contribution in [0.25, 0.3) is 0 Å². The Hall–Kier alpha value is -0.643. The third-order valence-electron chi connectivity index (χ3n) is 0.324. The van der Waals surface area contributed by atoms with Crippen molar-refractivity contribution in [1.29, 1.82) is 0 Å². The van der Waals surface area contributed by atoms with Crippen LogP contribution < -0.4 is 0 Å². The Morgan fingerprint density at radius 3 is 1.33 bits per heavy atom. The van der Waals surface area contributed by atoms with Gasteiger partial charge < -0.3 is 15.3 Å². The van der Waals surface area contributed by atoms with Gasteiger partial charge in [0.05, 0.1) is 10.2 Å². The summed E-state index contributed by atoms with van der Waals surface area (Å²) in [6.45, 7) is 0. The van der Waals surface area contributed by atoms with Gasteiger partial charge in [0.2, 0.25) is 0 Å². The van der Waals surface area contributed by atoms with Gasteiger partial charge in [0.15, 0.2) is 0 Å². The molecule has 0 aromatic carbocycles. The van der Waals surface area contributed by atoms with E-state index >= 15 is 0 Å². The molecule has 0 radical (unpaired) electrons. The monoisotopic (exact) mass is 106 g/mol. The lowest BCUT2D eigenvalue weighted by atomic mass is 11.0. The summed E-state index contributed by atoms with van der Waals surface area (Å²) in [5.41, 5.74) is 0. The summed E-state index contributed by atoms with van der Waals surface area (Å²) in [6, 6.07) is 0. The molecule has 0 aromatic heterocycles. The van der Waals surface area contributed by atoms with Crippen molar-refractivity contribution < 1.29 is 15.3 Å². The predicted molar refractivity (Wildman–Crippen MR) is 24.9 cm³/mol. The van der Waals surface area contributed by atoms with Gasteiger partial charge in [-0.2, -0.15) is 0 Å². The van der Waals surface area contributed by atoms with Crippen LogP contribution in [-0.4, -0.2) is 25.6 Å². The first kappa shape index (κ1) is 5.36. The number of hydrogen-bond acceptors (Lipinski definition) is 3. The van der Waals surface area contributed by atoms with Gasteiger partial charge in [-0.25, -0.2) is 0 Å². The maximum absolute atomic E-state index is 8.07. The summed E-state index contributed by atoms with van der Waals surface area (Å²) in [5.74, 6) is -0.957. The van der Waals surface area contributed by atoms with E-state index in [1.807, 2.05) is 0 Å². The van der Waals surface area contributed by atoms with E-state index in [0.29, 0.717) is 0 Å². The number of aliphatic hydroxyl groups excluding tert-OH is 2. The third kappa shape index (κ3) is 1.65. The molecular weight excluding hydrogens is 100 g/mol. The Kier molecular flexibility index (Phi) is 1.53. The van der Waals surface area contributed by atoms with Crippen molar-refractivity contribution in [3.63, 3.8) is 0 Å². The molecule has 0 heterocycles. The summed E-state index contributed by atoms with van der Waals surface area (Å²) in [6.07, 6.45) is 0. The van der Waals surface area contributed by atoms with E-state index in [1.54, 1.807) is 0 Å². The van der Waals surface area contributed by atoms with Crippen LogP contribution in [0.3, 0.4) is 0 Å². The molecule has 0 fully saturated rings. The van der Waals surface area contributed by atoms with Gasteiger partial charge in [0.1, 0.15) is 5.38 Å². The predicted octanol–water partition coefficient (Wildman–Crippen LogP) is -0.848. The molecule has 0 aliphatic heterocycles. The minimum Gasteiger partial charge on any atom is -0.511 e. The first-order valence-electron chi connectivity index (χ1n) is 1.42. The van der Waals surface area contributed by atoms with Gasteiger partial charge in [-0.1, -0.05) is 0 Å². The van der Waals surface area contributed by atoms with Gasteiger partial charge in [-0.3, -0.25) is 0 Å². The Bertz CT molecular complexity index is 58.9. The molecule has 0 aromatic rings. The molecule has 0 atom stereocenters. The first-order chi connectivity index (χ1) is 2.64. The van der Waals surface area contributed by atoms with Crippen molar-refractivity contribution in [3.8, 4) is 0 Å². The molecule has 6 heavy (non-hydrogen) atoms. The Labute approximate surface area is 38.0 Å². The van der Waals surface area contributed by atoms with E-state index in [-0.39, 0.29) is 15.6 Å². The molecule has 0 bridgehead atoms.